The molecule has 0 amide bonds. The van der Waals surface area contributed by atoms with Gasteiger partial charge in [0, 0.05) is 45.3 Å². The van der Waals surface area contributed by atoms with Crippen molar-refractivity contribution in [3.63, 3.8) is 0 Å². The summed E-state index contributed by atoms with van der Waals surface area (Å²) in [5.41, 5.74) is 5.40. The van der Waals surface area contributed by atoms with Crippen molar-refractivity contribution in [2.45, 2.75) is 38.1 Å². The summed E-state index contributed by atoms with van der Waals surface area (Å²) in [7, 11) is 0. The number of rotatable bonds is 3. The molecule has 0 atom stereocenters. The number of nitrogens with zero attached hydrogens (tertiary/aromatic N) is 2. The quantitative estimate of drug-likeness (QED) is 0.453. The second-order valence-corrected chi connectivity index (χ2v) is 4.85. The Hall–Kier alpha value is 1.15. The van der Waals surface area contributed by atoms with Gasteiger partial charge in [-0.2, -0.15) is 0 Å². The van der Waals surface area contributed by atoms with Crippen molar-refractivity contribution < 1.29 is 56.9 Å². The van der Waals surface area contributed by atoms with Crippen molar-refractivity contribution in [2.75, 3.05) is 39.3 Å². The molecule has 0 unspecified atom stereocenters. The van der Waals surface area contributed by atoms with Gasteiger partial charge in [-0.25, -0.2) is 0 Å². The second-order valence-electron chi connectivity index (χ2n) is 4.85. The fourth-order valence-electron chi connectivity index (χ4n) is 2.38. The van der Waals surface area contributed by atoms with E-state index in [0.29, 0.717) is 6.04 Å². The summed E-state index contributed by atoms with van der Waals surface area (Å²) in [5.74, 6) is 0. The average Bonchev–Trinajstić information content (AvgIpc) is 2.42. The molecule has 0 radical (unpaired) electrons. The Morgan fingerprint density at radius 1 is 1.16 bits per heavy atom. The second kappa shape index (κ2) is 15.5. The van der Waals surface area contributed by atoms with Crippen LogP contribution in [-0.4, -0.2) is 62.4 Å². The number of aliphatic imine (C=N–C) groups is 1. The molecule has 108 valence electrons. The van der Waals surface area contributed by atoms with Crippen LogP contribution in [0.2, 0.25) is 0 Å². The maximum atomic E-state index is 5.40. The van der Waals surface area contributed by atoms with Gasteiger partial charge in [0.05, 0.1) is 0 Å². The van der Waals surface area contributed by atoms with E-state index in [9.17, 15) is 0 Å². The summed E-state index contributed by atoms with van der Waals surface area (Å²) in [6, 6.07) is 0.601. The minimum Gasteiger partial charge on any atom is -0.870 e. The van der Waals surface area contributed by atoms with Gasteiger partial charge in [0.15, 0.2) is 0 Å². The van der Waals surface area contributed by atoms with Crippen LogP contribution >= 0.6 is 0 Å². The van der Waals surface area contributed by atoms with E-state index in [1.807, 2.05) is 0 Å². The minimum atomic E-state index is 0. The molecule has 19 heavy (non-hydrogen) atoms. The first-order chi connectivity index (χ1) is 8.36. The van der Waals surface area contributed by atoms with Gasteiger partial charge in [0.25, 0.3) is 0 Å². The van der Waals surface area contributed by atoms with Crippen molar-refractivity contribution in [2.24, 2.45) is 10.7 Å². The molecule has 1 aliphatic heterocycles. The number of nitrogens with one attached hydrogen (secondary N) is 1. The Balaban J connectivity index is 0. The molecule has 2 rings (SSSR count). The van der Waals surface area contributed by atoms with Crippen LogP contribution in [0.15, 0.2) is 4.99 Å². The van der Waals surface area contributed by atoms with Crippen LogP contribution in [-0.2, 0) is 0 Å². The normalized spacial score (nSPS) is 20.3. The summed E-state index contributed by atoms with van der Waals surface area (Å²) in [6.45, 7) is 9.96. The standard InChI is InChI=1S/C7H13N.C6H15N3.K.H2O/c1-8-7-5-3-2-4-6-7;7-1-4-9-5-2-8-3-6-9;;/h7H,1-6H2;8H,1-7H2;;1H2/q;;+1;/p-1. The fourth-order valence-corrected chi connectivity index (χ4v) is 2.38. The van der Waals surface area contributed by atoms with E-state index < -0.39 is 0 Å². The molecule has 1 saturated heterocycles. The Bertz CT molecular complexity index is 192. The first-order valence-electron chi connectivity index (χ1n) is 6.95. The van der Waals surface area contributed by atoms with Crippen molar-refractivity contribution >= 4 is 6.72 Å². The predicted molar refractivity (Wildman–Crippen MR) is 76.7 cm³/mol. The Kier molecular flexibility index (Phi) is 18.3. The number of nitrogens with two attached hydrogens (primary N) is 1. The van der Waals surface area contributed by atoms with Gasteiger partial charge < -0.3 is 16.5 Å². The Labute approximate surface area is 160 Å². The van der Waals surface area contributed by atoms with Gasteiger partial charge in [0.2, 0.25) is 0 Å². The largest absolute Gasteiger partial charge is 1.00 e. The monoisotopic (exact) mass is 296 g/mol. The summed E-state index contributed by atoms with van der Waals surface area (Å²) in [5, 5.41) is 3.29. The molecule has 2 fully saturated rings. The van der Waals surface area contributed by atoms with Crippen LogP contribution in [0.5, 0.6) is 0 Å². The van der Waals surface area contributed by atoms with Crippen LogP contribution in [0.1, 0.15) is 32.1 Å². The Morgan fingerprint density at radius 3 is 2.16 bits per heavy atom. The van der Waals surface area contributed by atoms with Gasteiger partial charge in [-0.05, 0) is 19.6 Å². The topological polar surface area (TPSA) is 83.7 Å². The maximum absolute atomic E-state index is 5.40. The molecule has 5 nitrogen and oxygen atoms in total. The molecule has 2 aliphatic rings. The fraction of sp³-hybridized carbons (Fsp3) is 0.923. The van der Waals surface area contributed by atoms with E-state index >= 15 is 0 Å². The van der Waals surface area contributed by atoms with E-state index in [2.05, 4.69) is 21.9 Å². The van der Waals surface area contributed by atoms with Crippen LogP contribution < -0.4 is 62.4 Å². The number of hydrogen-bond acceptors (Lipinski definition) is 5. The number of piperazine rings is 1. The zero-order valence-electron chi connectivity index (χ0n) is 12.5. The molecule has 0 spiro atoms. The van der Waals surface area contributed by atoms with E-state index in [0.717, 1.165) is 39.3 Å². The third-order valence-corrected chi connectivity index (χ3v) is 3.49. The van der Waals surface area contributed by atoms with Gasteiger partial charge in [-0.1, -0.05) is 19.3 Å². The van der Waals surface area contributed by atoms with Crippen molar-refractivity contribution in [1.82, 2.24) is 10.2 Å². The molecule has 4 N–H and O–H groups in total. The van der Waals surface area contributed by atoms with Crippen molar-refractivity contribution in [3.8, 4) is 0 Å². The summed E-state index contributed by atoms with van der Waals surface area (Å²) < 4.78 is 0. The minimum absolute atomic E-state index is 0. The third kappa shape index (κ3) is 11.5. The molecular formula is C13H29KN4O. The summed E-state index contributed by atoms with van der Waals surface area (Å²) in [6.07, 6.45) is 6.70. The molecule has 1 aliphatic carbocycles. The molecular weight excluding hydrogens is 267 g/mol. The molecule has 0 bridgehead atoms. The van der Waals surface area contributed by atoms with Crippen LogP contribution in [0, 0.1) is 0 Å². The molecule has 6 heteroatoms. The predicted octanol–water partition coefficient (Wildman–Crippen LogP) is -2.30. The Morgan fingerprint density at radius 2 is 1.74 bits per heavy atom. The van der Waals surface area contributed by atoms with Gasteiger partial charge in [-0.3, -0.25) is 9.89 Å². The maximum Gasteiger partial charge on any atom is 1.00 e. The van der Waals surface area contributed by atoms with Gasteiger partial charge in [0.1, 0.15) is 0 Å². The van der Waals surface area contributed by atoms with E-state index in [1.165, 1.54) is 32.1 Å². The van der Waals surface area contributed by atoms with Crippen molar-refractivity contribution in [3.05, 3.63) is 0 Å². The zero-order chi connectivity index (χ0) is 12.3. The van der Waals surface area contributed by atoms with Crippen LogP contribution in [0.4, 0.5) is 0 Å². The van der Waals surface area contributed by atoms with E-state index in [1.54, 1.807) is 0 Å². The molecule has 1 saturated carbocycles. The first kappa shape index (κ1) is 22.4. The smallest absolute Gasteiger partial charge is 0.870 e. The summed E-state index contributed by atoms with van der Waals surface area (Å²) in [4.78, 5) is 6.38. The average molecular weight is 296 g/mol. The molecule has 1 heterocycles. The molecule has 0 aromatic carbocycles. The van der Waals surface area contributed by atoms with Crippen LogP contribution in [0.25, 0.3) is 0 Å². The molecule has 0 aromatic heterocycles. The SMILES string of the molecule is C=NC1CCCCC1.NCCN1CCNCC1.[K+].[OH-]. The molecule has 0 aromatic rings. The van der Waals surface area contributed by atoms with Crippen molar-refractivity contribution in [1.29, 1.82) is 0 Å². The van der Waals surface area contributed by atoms with E-state index in [-0.39, 0.29) is 56.9 Å². The van der Waals surface area contributed by atoms with Gasteiger partial charge >= 0.3 is 51.4 Å². The third-order valence-electron chi connectivity index (χ3n) is 3.49. The van der Waals surface area contributed by atoms with Crippen LogP contribution in [0.3, 0.4) is 0 Å². The number of hydrogen-bond donors (Lipinski definition) is 2. The zero-order valence-corrected chi connectivity index (χ0v) is 15.6. The first-order valence-corrected chi connectivity index (χ1v) is 6.95. The van der Waals surface area contributed by atoms with Gasteiger partial charge in [-0.15, -0.1) is 0 Å². The van der Waals surface area contributed by atoms with E-state index in [4.69, 9.17) is 5.73 Å². The summed E-state index contributed by atoms with van der Waals surface area (Å²) >= 11 is 0.